The van der Waals surface area contributed by atoms with Crippen LogP contribution in [0.15, 0.2) is 91.0 Å². The highest BCUT2D eigenvalue weighted by atomic mass is 16.5. The average molecular weight is 508 g/mol. The van der Waals surface area contributed by atoms with Crippen molar-refractivity contribution in [3.8, 4) is 5.75 Å². The molecule has 2 aliphatic carbocycles. The molecule has 3 aromatic rings. The fourth-order valence-electron chi connectivity index (χ4n) is 6.16. The largest absolute Gasteiger partial charge is 0.489 e. The van der Waals surface area contributed by atoms with Crippen molar-refractivity contribution < 1.29 is 23.9 Å². The maximum atomic E-state index is 13.0. The predicted molar refractivity (Wildman–Crippen MR) is 142 cm³/mol. The van der Waals surface area contributed by atoms with Gasteiger partial charge in [0.2, 0.25) is 11.8 Å². The second kappa shape index (κ2) is 9.93. The molecule has 5 atom stereocenters. The first-order valence-corrected chi connectivity index (χ1v) is 13.1. The lowest BCUT2D eigenvalue weighted by Gasteiger charge is -2.18. The quantitative estimate of drug-likeness (QED) is 0.236. The first-order chi connectivity index (χ1) is 18.5. The zero-order chi connectivity index (χ0) is 26.2. The summed E-state index contributed by atoms with van der Waals surface area (Å²) in [5.74, 6) is -0.299. The molecule has 2 amide bonds. The van der Waals surface area contributed by atoms with Crippen LogP contribution in [0.5, 0.6) is 5.75 Å². The Balaban J connectivity index is 1.11. The first kappa shape index (κ1) is 24.2. The van der Waals surface area contributed by atoms with Gasteiger partial charge in [-0.25, -0.2) is 0 Å². The third-order valence-corrected chi connectivity index (χ3v) is 7.94. The monoisotopic (exact) mass is 507 g/mol. The Labute approximate surface area is 221 Å². The van der Waals surface area contributed by atoms with Gasteiger partial charge in [0.15, 0.2) is 0 Å². The molecule has 0 unspecified atom stereocenters. The molecule has 3 aromatic carbocycles. The standard InChI is InChI=1S/C32H29NO5/c1-2-37-32(36)27(21-6-4-3-5-7-21)22-10-8-20(9-11-22)19-38-26-16-14-25(15-17-26)33-30(34)28-23-12-13-24(18-23)29(28)31(33)35/h3-17,23-24,27-29H,2,18-19H2,1H3/t23-,24+,27-,28-,29+/m0/s1. The van der Waals surface area contributed by atoms with Crippen LogP contribution in [0.25, 0.3) is 0 Å². The molecule has 1 saturated heterocycles. The predicted octanol–water partition coefficient (Wildman–Crippen LogP) is 5.27. The fourth-order valence-corrected chi connectivity index (χ4v) is 6.16. The van der Waals surface area contributed by atoms with Gasteiger partial charge in [0.05, 0.1) is 24.1 Å². The molecule has 6 rings (SSSR count). The summed E-state index contributed by atoms with van der Waals surface area (Å²) in [7, 11) is 0. The van der Waals surface area contributed by atoms with Gasteiger partial charge in [-0.3, -0.25) is 19.3 Å². The number of amides is 2. The Morgan fingerprint density at radius 2 is 1.45 bits per heavy atom. The highest BCUT2D eigenvalue weighted by Crippen LogP contribution is 2.53. The summed E-state index contributed by atoms with van der Waals surface area (Å²) in [5.41, 5.74) is 3.29. The summed E-state index contributed by atoms with van der Waals surface area (Å²) in [4.78, 5) is 40.1. The van der Waals surface area contributed by atoms with Crippen molar-refractivity contribution >= 4 is 23.5 Å². The van der Waals surface area contributed by atoms with Crippen LogP contribution in [-0.2, 0) is 25.7 Å². The van der Waals surface area contributed by atoms with Crippen molar-refractivity contribution in [2.75, 3.05) is 11.5 Å². The number of hydrogen-bond acceptors (Lipinski definition) is 5. The van der Waals surface area contributed by atoms with Crippen LogP contribution in [0.1, 0.15) is 36.0 Å². The Morgan fingerprint density at radius 3 is 2.05 bits per heavy atom. The zero-order valence-electron chi connectivity index (χ0n) is 21.2. The van der Waals surface area contributed by atoms with Crippen LogP contribution in [0.2, 0.25) is 0 Å². The van der Waals surface area contributed by atoms with Gasteiger partial charge < -0.3 is 9.47 Å². The molecule has 2 bridgehead atoms. The number of carbonyl (C=O) groups is 3. The number of imide groups is 1. The van der Waals surface area contributed by atoms with E-state index in [1.165, 1.54) is 4.90 Å². The molecule has 38 heavy (non-hydrogen) atoms. The van der Waals surface area contributed by atoms with Gasteiger partial charge in [0.25, 0.3) is 0 Å². The SMILES string of the molecule is CCOC(=O)[C@@H](c1ccccc1)c1ccc(COc2ccc(N3C(=O)[C@@H]4[C@H](C3=O)[C@@H]3C=C[C@H]4C3)cc2)cc1. The molecular formula is C32H29NO5. The fraction of sp³-hybridized carbons (Fsp3) is 0.281. The number of allylic oxidation sites excluding steroid dienone is 2. The number of fused-ring (bicyclic) bond motifs is 5. The third kappa shape index (κ3) is 4.20. The molecule has 0 N–H and O–H groups in total. The molecule has 6 nitrogen and oxygen atoms in total. The summed E-state index contributed by atoms with van der Waals surface area (Å²) < 4.78 is 11.3. The van der Waals surface area contributed by atoms with E-state index in [0.717, 1.165) is 23.1 Å². The van der Waals surface area contributed by atoms with E-state index in [2.05, 4.69) is 12.2 Å². The number of nitrogens with zero attached hydrogens (tertiary/aromatic N) is 1. The first-order valence-electron chi connectivity index (χ1n) is 13.1. The van der Waals surface area contributed by atoms with Crippen LogP contribution in [0.4, 0.5) is 5.69 Å². The molecule has 0 spiro atoms. The Kier molecular flexibility index (Phi) is 6.32. The van der Waals surface area contributed by atoms with Gasteiger partial charge in [0, 0.05) is 0 Å². The van der Waals surface area contributed by atoms with Gasteiger partial charge in [-0.1, -0.05) is 66.7 Å². The average Bonchev–Trinajstić information content (AvgIpc) is 3.63. The zero-order valence-corrected chi connectivity index (χ0v) is 21.2. The second-order valence-electron chi connectivity index (χ2n) is 10.1. The number of ether oxygens (including phenoxy) is 2. The van der Waals surface area contributed by atoms with Crippen molar-refractivity contribution in [2.45, 2.75) is 25.9 Å². The van der Waals surface area contributed by atoms with Crippen molar-refractivity contribution in [3.63, 3.8) is 0 Å². The summed E-state index contributed by atoms with van der Waals surface area (Å²) in [6, 6.07) is 24.5. The molecule has 1 saturated carbocycles. The van der Waals surface area contributed by atoms with Gasteiger partial charge in [-0.2, -0.15) is 0 Å². The number of carbonyl (C=O) groups excluding carboxylic acids is 3. The molecule has 0 aromatic heterocycles. The van der Waals surface area contributed by atoms with E-state index in [9.17, 15) is 14.4 Å². The summed E-state index contributed by atoms with van der Waals surface area (Å²) in [6.45, 7) is 2.47. The van der Waals surface area contributed by atoms with Gasteiger partial charge >= 0.3 is 5.97 Å². The smallest absolute Gasteiger partial charge is 0.317 e. The topological polar surface area (TPSA) is 72.9 Å². The molecule has 6 heteroatoms. The Morgan fingerprint density at radius 1 is 0.842 bits per heavy atom. The molecule has 1 aliphatic heterocycles. The van der Waals surface area contributed by atoms with Gasteiger partial charge in [0.1, 0.15) is 18.3 Å². The maximum Gasteiger partial charge on any atom is 0.317 e. The highest BCUT2D eigenvalue weighted by Gasteiger charge is 2.59. The van der Waals surface area contributed by atoms with Crippen LogP contribution in [0, 0.1) is 23.7 Å². The normalized spacial score (nSPS) is 24.0. The van der Waals surface area contributed by atoms with Crippen molar-refractivity contribution in [2.24, 2.45) is 23.7 Å². The molecular weight excluding hydrogens is 478 g/mol. The number of benzene rings is 3. The van der Waals surface area contributed by atoms with Crippen molar-refractivity contribution in [1.82, 2.24) is 0 Å². The minimum Gasteiger partial charge on any atom is -0.489 e. The van der Waals surface area contributed by atoms with Crippen LogP contribution >= 0.6 is 0 Å². The Hall–Kier alpha value is -4.19. The summed E-state index contributed by atoms with van der Waals surface area (Å²) in [6.07, 6.45) is 5.12. The Bertz CT molecular complexity index is 1350. The van der Waals surface area contributed by atoms with Gasteiger partial charge in [-0.15, -0.1) is 0 Å². The maximum absolute atomic E-state index is 13.0. The van der Waals surface area contributed by atoms with E-state index >= 15 is 0 Å². The van der Waals surface area contributed by atoms with Crippen LogP contribution in [0.3, 0.4) is 0 Å². The number of rotatable bonds is 8. The molecule has 192 valence electrons. The third-order valence-electron chi connectivity index (χ3n) is 7.94. The van der Waals surface area contributed by atoms with Crippen LogP contribution in [-0.4, -0.2) is 24.4 Å². The minimum absolute atomic E-state index is 0.0813. The van der Waals surface area contributed by atoms with Gasteiger partial charge in [-0.05, 0) is 66.1 Å². The molecule has 3 aliphatic rings. The summed E-state index contributed by atoms with van der Waals surface area (Å²) >= 11 is 0. The molecule has 1 heterocycles. The van der Waals surface area contributed by atoms with Crippen molar-refractivity contribution in [1.29, 1.82) is 0 Å². The summed E-state index contributed by atoms with van der Waals surface area (Å²) in [5, 5.41) is 0. The van der Waals surface area contributed by atoms with E-state index in [-0.39, 0.29) is 41.5 Å². The lowest BCUT2D eigenvalue weighted by Crippen LogP contribution is -2.32. The number of hydrogen-bond donors (Lipinski definition) is 0. The molecule has 2 fully saturated rings. The number of anilines is 1. The van der Waals surface area contributed by atoms with E-state index in [1.54, 1.807) is 31.2 Å². The van der Waals surface area contributed by atoms with E-state index < -0.39 is 5.92 Å². The van der Waals surface area contributed by atoms with Crippen LogP contribution < -0.4 is 9.64 Å². The molecule has 0 radical (unpaired) electrons. The lowest BCUT2D eigenvalue weighted by atomic mass is 9.85. The van der Waals surface area contributed by atoms with Crippen molar-refractivity contribution in [3.05, 3.63) is 108 Å². The minimum atomic E-state index is -0.486. The lowest BCUT2D eigenvalue weighted by molar-refractivity contribution is -0.143. The van der Waals surface area contributed by atoms with E-state index in [0.29, 0.717) is 24.7 Å². The van der Waals surface area contributed by atoms with E-state index in [1.807, 2.05) is 54.6 Å². The van der Waals surface area contributed by atoms with E-state index in [4.69, 9.17) is 9.47 Å². The second-order valence-corrected chi connectivity index (χ2v) is 10.1. The number of esters is 1. The highest BCUT2D eigenvalue weighted by molar-refractivity contribution is 6.22.